The van der Waals surface area contributed by atoms with Crippen LogP contribution in [0.4, 0.5) is 0 Å². The number of nitrogens with one attached hydrogen (secondary N) is 1. The fourth-order valence-electron chi connectivity index (χ4n) is 2.59. The van der Waals surface area contributed by atoms with E-state index in [0.717, 1.165) is 22.2 Å². The maximum absolute atomic E-state index is 10.3. The highest BCUT2D eigenvalue weighted by Crippen LogP contribution is 2.20. The monoisotopic (exact) mass is 295 g/mol. The van der Waals surface area contributed by atoms with E-state index in [0.29, 0.717) is 13.1 Å². The highest BCUT2D eigenvalue weighted by atomic mass is 16.3. The summed E-state index contributed by atoms with van der Waals surface area (Å²) in [6.07, 6.45) is 1.35. The molecule has 2 aromatic carbocycles. The molecule has 1 atom stereocenters. The normalized spacial score (nSPS) is 12.7. The number of aliphatic hydroxyl groups is 1. The van der Waals surface area contributed by atoms with Gasteiger partial charge in [0.1, 0.15) is 0 Å². The third kappa shape index (κ3) is 3.03. The van der Waals surface area contributed by atoms with Gasteiger partial charge in [0.05, 0.1) is 12.3 Å². The molecule has 0 aliphatic rings. The third-order valence-electron chi connectivity index (χ3n) is 4.15. The Morgan fingerprint density at radius 3 is 2.68 bits per heavy atom. The van der Waals surface area contributed by atoms with Gasteiger partial charge in [-0.3, -0.25) is 4.68 Å². The van der Waals surface area contributed by atoms with Gasteiger partial charge in [-0.15, -0.1) is 0 Å². The number of hydrogen-bond acceptors (Lipinski definition) is 3. The number of aromatic nitrogens is 2. The second kappa shape index (κ2) is 6.30. The predicted molar refractivity (Wildman–Crippen MR) is 88.6 cm³/mol. The van der Waals surface area contributed by atoms with Crippen molar-refractivity contribution in [3.05, 3.63) is 65.5 Å². The fourth-order valence-corrected chi connectivity index (χ4v) is 2.59. The van der Waals surface area contributed by atoms with E-state index in [2.05, 4.69) is 34.7 Å². The summed E-state index contributed by atoms with van der Waals surface area (Å²) in [6.45, 7) is 3.28. The molecule has 1 aromatic heterocycles. The summed E-state index contributed by atoms with van der Waals surface area (Å²) in [5.74, 6) is 0. The van der Waals surface area contributed by atoms with Crippen LogP contribution in [0.3, 0.4) is 0 Å². The van der Waals surface area contributed by atoms with Crippen LogP contribution in [0.25, 0.3) is 10.8 Å². The molecule has 0 radical (unpaired) electrons. The van der Waals surface area contributed by atoms with Crippen LogP contribution in [-0.4, -0.2) is 21.4 Å². The van der Waals surface area contributed by atoms with Gasteiger partial charge in [0.25, 0.3) is 0 Å². The van der Waals surface area contributed by atoms with Crippen LogP contribution in [0.15, 0.2) is 48.7 Å². The Morgan fingerprint density at radius 1 is 1.18 bits per heavy atom. The predicted octanol–water partition coefficient (Wildman–Crippen LogP) is 2.70. The minimum atomic E-state index is -0.512. The van der Waals surface area contributed by atoms with E-state index in [9.17, 15) is 5.11 Å². The second-order valence-electron chi connectivity index (χ2n) is 5.63. The van der Waals surface area contributed by atoms with Gasteiger partial charge in [-0.1, -0.05) is 36.4 Å². The highest BCUT2D eigenvalue weighted by Gasteiger charge is 2.09. The van der Waals surface area contributed by atoms with E-state index in [1.54, 1.807) is 0 Å². The van der Waals surface area contributed by atoms with Crippen LogP contribution in [0.1, 0.15) is 22.9 Å². The summed E-state index contributed by atoms with van der Waals surface area (Å²) >= 11 is 0. The Morgan fingerprint density at radius 2 is 1.95 bits per heavy atom. The molecule has 0 saturated carbocycles. The topological polar surface area (TPSA) is 50.1 Å². The third-order valence-corrected chi connectivity index (χ3v) is 4.15. The van der Waals surface area contributed by atoms with Crippen molar-refractivity contribution < 1.29 is 5.11 Å². The summed E-state index contributed by atoms with van der Waals surface area (Å²) in [6, 6.07) is 14.3. The summed E-state index contributed by atoms with van der Waals surface area (Å²) in [7, 11) is 1.93. The quantitative estimate of drug-likeness (QED) is 0.761. The SMILES string of the molecule is Cc1c(CNCC(O)c2ccc3ccccc3c2)cnn1C. The van der Waals surface area contributed by atoms with Gasteiger partial charge in [-0.25, -0.2) is 0 Å². The zero-order valence-corrected chi connectivity index (χ0v) is 13.0. The van der Waals surface area contributed by atoms with Crippen LogP contribution in [0.2, 0.25) is 0 Å². The minimum Gasteiger partial charge on any atom is -0.387 e. The summed E-state index contributed by atoms with van der Waals surface area (Å²) in [4.78, 5) is 0. The number of aryl methyl sites for hydroxylation is 1. The van der Waals surface area contributed by atoms with Crippen molar-refractivity contribution in [2.24, 2.45) is 7.05 Å². The van der Waals surface area contributed by atoms with Crippen molar-refractivity contribution in [1.82, 2.24) is 15.1 Å². The van der Waals surface area contributed by atoms with E-state index in [1.807, 2.05) is 43.0 Å². The Bertz CT molecular complexity index is 779. The van der Waals surface area contributed by atoms with Crippen molar-refractivity contribution in [1.29, 1.82) is 0 Å². The molecule has 0 spiro atoms. The number of rotatable bonds is 5. The fraction of sp³-hybridized carbons (Fsp3) is 0.278. The first kappa shape index (κ1) is 14.8. The molecule has 22 heavy (non-hydrogen) atoms. The molecule has 0 bridgehead atoms. The first-order chi connectivity index (χ1) is 10.6. The molecular formula is C18H21N3O. The maximum atomic E-state index is 10.3. The zero-order chi connectivity index (χ0) is 15.5. The van der Waals surface area contributed by atoms with Crippen LogP contribution in [0.5, 0.6) is 0 Å². The minimum absolute atomic E-state index is 0.512. The first-order valence-corrected chi connectivity index (χ1v) is 7.50. The van der Waals surface area contributed by atoms with E-state index < -0.39 is 6.10 Å². The Balaban J connectivity index is 1.63. The van der Waals surface area contributed by atoms with E-state index in [1.165, 1.54) is 5.39 Å². The van der Waals surface area contributed by atoms with Crippen LogP contribution < -0.4 is 5.32 Å². The molecule has 0 saturated heterocycles. The number of benzene rings is 2. The second-order valence-corrected chi connectivity index (χ2v) is 5.63. The van der Waals surface area contributed by atoms with Crippen molar-refractivity contribution in [3.8, 4) is 0 Å². The lowest BCUT2D eigenvalue weighted by atomic mass is 10.0. The molecule has 4 nitrogen and oxygen atoms in total. The van der Waals surface area contributed by atoms with Crippen LogP contribution in [-0.2, 0) is 13.6 Å². The zero-order valence-electron chi connectivity index (χ0n) is 13.0. The lowest BCUT2D eigenvalue weighted by molar-refractivity contribution is 0.174. The van der Waals surface area contributed by atoms with Crippen molar-refractivity contribution in [2.45, 2.75) is 19.6 Å². The molecule has 1 unspecified atom stereocenters. The van der Waals surface area contributed by atoms with Crippen LogP contribution in [0, 0.1) is 6.92 Å². The number of nitrogens with zero attached hydrogens (tertiary/aromatic N) is 2. The molecule has 1 heterocycles. The molecule has 4 heteroatoms. The average molecular weight is 295 g/mol. The smallest absolute Gasteiger partial charge is 0.0914 e. The lowest BCUT2D eigenvalue weighted by Gasteiger charge is -2.13. The molecular weight excluding hydrogens is 274 g/mol. The molecule has 3 rings (SSSR count). The molecule has 3 aromatic rings. The molecule has 114 valence electrons. The van der Waals surface area contributed by atoms with Gasteiger partial charge in [-0.05, 0) is 29.3 Å². The summed E-state index contributed by atoms with van der Waals surface area (Å²) in [5, 5.41) is 20.2. The summed E-state index contributed by atoms with van der Waals surface area (Å²) < 4.78 is 1.86. The average Bonchev–Trinajstić information content (AvgIpc) is 2.86. The van der Waals surface area contributed by atoms with Crippen molar-refractivity contribution in [3.63, 3.8) is 0 Å². The standard InChI is InChI=1S/C18H21N3O/c1-13-17(11-20-21(13)2)10-19-12-18(22)16-8-7-14-5-3-4-6-15(14)9-16/h3-9,11,18-19,22H,10,12H2,1-2H3. The first-order valence-electron chi connectivity index (χ1n) is 7.50. The maximum Gasteiger partial charge on any atom is 0.0914 e. The van der Waals surface area contributed by atoms with Crippen molar-refractivity contribution in [2.75, 3.05) is 6.54 Å². The molecule has 2 N–H and O–H groups in total. The molecule has 0 aliphatic heterocycles. The molecule has 0 amide bonds. The number of fused-ring (bicyclic) bond motifs is 1. The van der Waals surface area contributed by atoms with Gasteiger partial charge in [-0.2, -0.15) is 5.10 Å². The van der Waals surface area contributed by atoms with Crippen LogP contribution >= 0.6 is 0 Å². The Labute approximate surface area is 130 Å². The van der Waals surface area contributed by atoms with Gasteiger partial charge in [0, 0.05) is 31.4 Å². The van der Waals surface area contributed by atoms with Crippen molar-refractivity contribution >= 4 is 10.8 Å². The largest absolute Gasteiger partial charge is 0.387 e. The number of aliphatic hydroxyl groups excluding tert-OH is 1. The molecule has 0 aliphatic carbocycles. The summed E-state index contributed by atoms with van der Waals surface area (Å²) in [5.41, 5.74) is 3.25. The van der Waals surface area contributed by atoms with E-state index in [-0.39, 0.29) is 0 Å². The lowest BCUT2D eigenvalue weighted by Crippen LogP contribution is -2.21. The molecule has 0 fully saturated rings. The number of hydrogen-bond donors (Lipinski definition) is 2. The van der Waals surface area contributed by atoms with Gasteiger partial charge < -0.3 is 10.4 Å². The van der Waals surface area contributed by atoms with Gasteiger partial charge in [0.15, 0.2) is 0 Å². The Kier molecular flexibility index (Phi) is 4.22. The van der Waals surface area contributed by atoms with Gasteiger partial charge in [0.2, 0.25) is 0 Å². The highest BCUT2D eigenvalue weighted by molar-refractivity contribution is 5.83. The van der Waals surface area contributed by atoms with E-state index >= 15 is 0 Å². The van der Waals surface area contributed by atoms with Gasteiger partial charge >= 0.3 is 0 Å². The van der Waals surface area contributed by atoms with E-state index in [4.69, 9.17) is 0 Å². The Hall–Kier alpha value is -2.17.